The standard InChI is InChI=1S/C35H47NO10/c1-4-7-10-13-20-26(37)29-31(35(42)45-23-24-18-16-17-19-25(24)36(43)44)30(27(38)21-14-11-8-5-2)34(33(41)32(29)40)46-28(39)22-15-12-9-6-3/h16-19,40-41H,4-15,20-23H2,1-3H3. The van der Waals surface area contributed by atoms with Gasteiger partial charge < -0.3 is 19.7 Å². The molecule has 0 aromatic heterocycles. The summed E-state index contributed by atoms with van der Waals surface area (Å²) in [4.78, 5) is 64.9. The molecule has 0 amide bonds. The number of hydrogen-bond donors (Lipinski definition) is 2. The van der Waals surface area contributed by atoms with Gasteiger partial charge in [-0.15, -0.1) is 0 Å². The molecule has 2 aromatic rings. The maximum Gasteiger partial charge on any atom is 0.340 e. The zero-order valence-corrected chi connectivity index (χ0v) is 27.2. The van der Waals surface area contributed by atoms with Gasteiger partial charge >= 0.3 is 11.9 Å². The summed E-state index contributed by atoms with van der Waals surface area (Å²) < 4.78 is 10.9. The molecule has 0 aliphatic heterocycles. The van der Waals surface area contributed by atoms with Crippen molar-refractivity contribution in [3.63, 3.8) is 0 Å². The van der Waals surface area contributed by atoms with E-state index in [2.05, 4.69) is 0 Å². The molecule has 2 aromatic carbocycles. The fourth-order valence-corrected chi connectivity index (χ4v) is 5.10. The Morgan fingerprint density at radius 3 is 1.76 bits per heavy atom. The van der Waals surface area contributed by atoms with Crippen molar-refractivity contribution in [2.75, 3.05) is 0 Å². The van der Waals surface area contributed by atoms with Crippen LogP contribution in [0.15, 0.2) is 24.3 Å². The number of phenolic OH excluding ortho intramolecular Hbond substituents is 2. The average molecular weight is 642 g/mol. The first-order valence-electron chi connectivity index (χ1n) is 16.4. The van der Waals surface area contributed by atoms with Gasteiger partial charge in [-0.2, -0.15) is 0 Å². The number of aromatic hydroxyl groups is 2. The second kappa shape index (κ2) is 20.0. The molecule has 0 saturated heterocycles. The Hall–Kier alpha value is -4.28. The van der Waals surface area contributed by atoms with Crippen LogP contribution in [-0.2, 0) is 16.1 Å². The van der Waals surface area contributed by atoms with E-state index < -0.39 is 69.0 Å². The number of ether oxygens (including phenoxy) is 2. The van der Waals surface area contributed by atoms with Gasteiger partial charge in [0.25, 0.3) is 5.69 Å². The predicted octanol–water partition coefficient (Wildman–Crippen LogP) is 8.55. The third-order valence-corrected chi connectivity index (χ3v) is 7.68. The number of phenols is 2. The lowest BCUT2D eigenvalue weighted by atomic mass is 9.89. The number of esters is 2. The van der Waals surface area contributed by atoms with Crippen LogP contribution < -0.4 is 4.74 Å². The van der Waals surface area contributed by atoms with E-state index in [1.807, 2.05) is 20.8 Å². The maximum atomic E-state index is 13.8. The van der Waals surface area contributed by atoms with Gasteiger partial charge in [0.15, 0.2) is 23.1 Å². The summed E-state index contributed by atoms with van der Waals surface area (Å²) in [5.74, 6) is -6.12. The molecule has 0 heterocycles. The number of ketones is 2. The minimum absolute atomic E-state index is 0.0418. The van der Waals surface area contributed by atoms with Crippen LogP contribution in [0.3, 0.4) is 0 Å². The third-order valence-electron chi connectivity index (χ3n) is 7.68. The molecule has 0 fully saturated rings. The van der Waals surface area contributed by atoms with E-state index in [1.54, 1.807) is 0 Å². The summed E-state index contributed by atoms with van der Waals surface area (Å²) in [6.45, 7) is 5.43. The molecular formula is C35H47NO10. The van der Waals surface area contributed by atoms with Crippen molar-refractivity contribution < 1.29 is 43.8 Å². The summed E-state index contributed by atoms with van der Waals surface area (Å²) in [7, 11) is 0. The van der Waals surface area contributed by atoms with Gasteiger partial charge in [-0.3, -0.25) is 24.5 Å². The molecule has 0 aliphatic rings. The van der Waals surface area contributed by atoms with Crippen LogP contribution in [0, 0.1) is 10.1 Å². The van der Waals surface area contributed by atoms with Crippen LogP contribution in [0.25, 0.3) is 0 Å². The molecule has 0 bridgehead atoms. The zero-order chi connectivity index (χ0) is 34.1. The Morgan fingerprint density at radius 2 is 1.22 bits per heavy atom. The molecule has 0 atom stereocenters. The first-order chi connectivity index (χ1) is 22.1. The zero-order valence-electron chi connectivity index (χ0n) is 27.2. The highest BCUT2D eigenvalue weighted by Crippen LogP contribution is 2.46. The topological polar surface area (TPSA) is 170 Å². The quantitative estimate of drug-likeness (QED) is 0.0241. The number of benzene rings is 2. The van der Waals surface area contributed by atoms with E-state index in [0.29, 0.717) is 32.1 Å². The molecule has 0 saturated carbocycles. The normalized spacial score (nSPS) is 10.8. The highest BCUT2D eigenvalue weighted by molar-refractivity contribution is 6.17. The highest BCUT2D eigenvalue weighted by atomic mass is 16.6. The van der Waals surface area contributed by atoms with E-state index in [4.69, 9.17) is 9.47 Å². The van der Waals surface area contributed by atoms with Crippen molar-refractivity contribution in [3.05, 3.63) is 56.6 Å². The van der Waals surface area contributed by atoms with Crippen molar-refractivity contribution in [1.29, 1.82) is 0 Å². The maximum absolute atomic E-state index is 13.8. The number of unbranched alkanes of at least 4 members (excludes halogenated alkanes) is 9. The van der Waals surface area contributed by atoms with Gasteiger partial charge in [0.05, 0.1) is 27.2 Å². The summed E-state index contributed by atoms with van der Waals surface area (Å²) in [5.41, 5.74) is -2.02. The number of nitro groups is 1. The van der Waals surface area contributed by atoms with E-state index in [0.717, 1.165) is 44.9 Å². The molecule has 2 N–H and O–H groups in total. The van der Waals surface area contributed by atoms with Crippen LogP contribution in [-0.4, -0.2) is 38.6 Å². The van der Waals surface area contributed by atoms with Crippen molar-refractivity contribution in [2.24, 2.45) is 0 Å². The molecular weight excluding hydrogens is 594 g/mol. The number of Topliss-reactive ketones (excluding diaryl/α,β-unsaturated/α-hetero) is 2. The number of nitrogens with zero attached hydrogens (tertiary/aromatic N) is 1. The van der Waals surface area contributed by atoms with E-state index >= 15 is 0 Å². The molecule has 0 aliphatic carbocycles. The molecule has 11 nitrogen and oxygen atoms in total. The average Bonchev–Trinajstić information content (AvgIpc) is 3.04. The van der Waals surface area contributed by atoms with Crippen LogP contribution in [0.1, 0.15) is 154 Å². The Kier molecular flexibility index (Phi) is 16.5. The van der Waals surface area contributed by atoms with Crippen molar-refractivity contribution >= 4 is 29.2 Å². The molecule has 0 unspecified atom stereocenters. The lowest BCUT2D eigenvalue weighted by molar-refractivity contribution is -0.385. The van der Waals surface area contributed by atoms with Crippen molar-refractivity contribution in [3.8, 4) is 17.2 Å². The minimum Gasteiger partial charge on any atom is -0.504 e. The third kappa shape index (κ3) is 11.0. The Morgan fingerprint density at radius 1 is 0.696 bits per heavy atom. The summed E-state index contributed by atoms with van der Waals surface area (Å²) in [5, 5.41) is 33.7. The fourth-order valence-electron chi connectivity index (χ4n) is 5.10. The van der Waals surface area contributed by atoms with Crippen LogP contribution >= 0.6 is 0 Å². The van der Waals surface area contributed by atoms with Gasteiger partial charge in [-0.1, -0.05) is 90.7 Å². The van der Waals surface area contributed by atoms with Gasteiger partial charge in [0.2, 0.25) is 5.75 Å². The first-order valence-corrected chi connectivity index (χ1v) is 16.4. The number of nitro benzene ring substituents is 1. The molecule has 0 spiro atoms. The van der Waals surface area contributed by atoms with Gasteiger partial charge in [0.1, 0.15) is 6.61 Å². The predicted molar refractivity (Wildman–Crippen MR) is 173 cm³/mol. The number of hydrogen-bond acceptors (Lipinski definition) is 10. The van der Waals surface area contributed by atoms with E-state index in [1.165, 1.54) is 24.3 Å². The summed E-state index contributed by atoms with van der Waals surface area (Å²) in [6, 6.07) is 5.61. The Labute approximate surface area is 270 Å². The molecule has 2 rings (SSSR count). The lowest BCUT2D eigenvalue weighted by Gasteiger charge is -2.20. The monoisotopic (exact) mass is 641 g/mol. The molecule has 46 heavy (non-hydrogen) atoms. The second-order valence-electron chi connectivity index (χ2n) is 11.4. The first kappa shape index (κ1) is 37.9. The smallest absolute Gasteiger partial charge is 0.340 e. The molecule has 0 radical (unpaired) electrons. The molecule has 11 heteroatoms. The second-order valence-corrected chi connectivity index (χ2v) is 11.4. The van der Waals surface area contributed by atoms with E-state index in [9.17, 15) is 39.5 Å². The van der Waals surface area contributed by atoms with Crippen molar-refractivity contribution in [1.82, 2.24) is 0 Å². The SMILES string of the molecule is CCCCCCC(=O)Oc1c(O)c(O)c(C(=O)CCCCCC)c(C(=O)OCc2ccccc2[N+](=O)[O-])c1C(=O)CCCCCC. The lowest BCUT2D eigenvalue weighted by Crippen LogP contribution is -2.21. The van der Waals surface area contributed by atoms with Crippen LogP contribution in [0.2, 0.25) is 0 Å². The highest BCUT2D eigenvalue weighted by Gasteiger charge is 2.36. The van der Waals surface area contributed by atoms with Gasteiger partial charge in [-0.05, 0) is 25.3 Å². The van der Waals surface area contributed by atoms with Crippen molar-refractivity contribution in [2.45, 2.75) is 124 Å². The van der Waals surface area contributed by atoms with Gasteiger partial charge in [0, 0.05) is 25.3 Å². The van der Waals surface area contributed by atoms with E-state index in [-0.39, 0.29) is 30.5 Å². The number of carbonyl (C=O) groups excluding carboxylic acids is 4. The minimum atomic E-state index is -1.23. The Balaban J connectivity index is 2.69. The number of para-hydroxylation sites is 1. The fraction of sp³-hybridized carbons (Fsp3) is 0.543. The number of carbonyl (C=O) groups is 4. The molecule has 252 valence electrons. The summed E-state index contributed by atoms with van der Waals surface area (Å²) >= 11 is 0. The van der Waals surface area contributed by atoms with Gasteiger partial charge in [-0.25, -0.2) is 4.79 Å². The Bertz CT molecular complexity index is 1370. The van der Waals surface area contributed by atoms with Crippen LogP contribution in [0.4, 0.5) is 5.69 Å². The largest absolute Gasteiger partial charge is 0.504 e. The van der Waals surface area contributed by atoms with Crippen LogP contribution in [0.5, 0.6) is 17.2 Å². The number of rotatable bonds is 22. The summed E-state index contributed by atoms with van der Waals surface area (Å²) in [6.07, 6.45) is 8.56.